The van der Waals surface area contributed by atoms with E-state index < -0.39 is 10.7 Å². The molecule has 0 saturated carbocycles. The molecule has 0 amide bonds. The first kappa shape index (κ1) is 16.2. The smallest absolute Gasteiger partial charge is 0.269 e. The van der Waals surface area contributed by atoms with E-state index in [2.05, 4.69) is 0 Å². The summed E-state index contributed by atoms with van der Waals surface area (Å²) in [5, 5.41) is 11.7. The summed E-state index contributed by atoms with van der Waals surface area (Å²) >= 11 is 12.2. The van der Waals surface area contributed by atoms with Crippen LogP contribution in [0.15, 0.2) is 42.5 Å². The van der Waals surface area contributed by atoms with Crippen LogP contribution in [0.5, 0.6) is 0 Å². The van der Waals surface area contributed by atoms with Crippen molar-refractivity contribution in [2.75, 3.05) is 13.2 Å². The molecule has 5 nitrogen and oxygen atoms in total. The number of benzene rings is 2. The summed E-state index contributed by atoms with van der Waals surface area (Å²) in [5.41, 5.74) is 1.59. The van der Waals surface area contributed by atoms with Crippen LogP contribution in [0, 0.1) is 10.1 Å². The van der Waals surface area contributed by atoms with Gasteiger partial charge < -0.3 is 9.47 Å². The second kappa shape index (κ2) is 6.45. The Morgan fingerprint density at radius 2 is 1.74 bits per heavy atom. The molecule has 1 aliphatic heterocycles. The minimum atomic E-state index is -1.00. The zero-order valence-corrected chi connectivity index (χ0v) is 13.5. The molecule has 0 atom stereocenters. The SMILES string of the molecule is O=[N+]([O-])c1ccc(CC2(c3ccc(Cl)cc3Cl)OCCO2)cc1. The molecule has 2 aromatic carbocycles. The van der Waals surface area contributed by atoms with Gasteiger partial charge in [0.15, 0.2) is 0 Å². The summed E-state index contributed by atoms with van der Waals surface area (Å²) in [6, 6.07) is 11.4. The molecule has 0 aromatic heterocycles. The van der Waals surface area contributed by atoms with E-state index in [0.29, 0.717) is 35.2 Å². The quantitative estimate of drug-likeness (QED) is 0.605. The molecule has 0 spiro atoms. The average Bonchev–Trinajstić information content (AvgIpc) is 2.97. The van der Waals surface area contributed by atoms with Gasteiger partial charge in [-0.25, -0.2) is 0 Å². The number of ether oxygens (including phenoxy) is 2. The van der Waals surface area contributed by atoms with Crippen molar-refractivity contribution in [3.05, 3.63) is 73.8 Å². The first-order valence-electron chi connectivity index (χ1n) is 6.97. The minimum Gasteiger partial charge on any atom is -0.343 e. The second-order valence-electron chi connectivity index (χ2n) is 5.17. The van der Waals surface area contributed by atoms with Crippen LogP contribution in [0.4, 0.5) is 5.69 Å². The number of non-ortho nitro benzene ring substituents is 1. The van der Waals surface area contributed by atoms with E-state index in [-0.39, 0.29) is 5.69 Å². The molecule has 0 unspecified atom stereocenters. The van der Waals surface area contributed by atoms with Gasteiger partial charge in [-0.05, 0) is 17.7 Å². The Bertz CT molecular complexity index is 727. The van der Waals surface area contributed by atoms with Crippen LogP contribution in [-0.4, -0.2) is 18.1 Å². The van der Waals surface area contributed by atoms with Crippen LogP contribution in [-0.2, 0) is 21.7 Å². The van der Waals surface area contributed by atoms with Crippen LogP contribution in [0.2, 0.25) is 10.0 Å². The molecule has 0 N–H and O–H groups in total. The summed E-state index contributed by atoms with van der Waals surface area (Å²) in [5.74, 6) is -1.00. The maximum absolute atomic E-state index is 10.7. The normalized spacial score (nSPS) is 16.4. The zero-order valence-electron chi connectivity index (χ0n) is 12.0. The van der Waals surface area contributed by atoms with Crippen molar-refractivity contribution in [1.29, 1.82) is 0 Å². The van der Waals surface area contributed by atoms with E-state index in [1.54, 1.807) is 30.3 Å². The fraction of sp³-hybridized carbons (Fsp3) is 0.250. The van der Waals surface area contributed by atoms with Gasteiger partial charge >= 0.3 is 0 Å². The Balaban J connectivity index is 1.93. The molecular weight excluding hydrogens is 341 g/mol. The number of rotatable bonds is 4. The van der Waals surface area contributed by atoms with Crippen molar-refractivity contribution in [1.82, 2.24) is 0 Å². The third-order valence-electron chi connectivity index (χ3n) is 3.68. The molecule has 3 rings (SSSR count). The van der Waals surface area contributed by atoms with Crippen molar-refractivity contribution in [3.63, 3.8) is 0 Å². The molecule has 0 bridgehead atoms. The van der Waals surface area contributed by atoms with Crippen LogP contribution in [0.25, 0.3) is 0 Å². The lowest BCUT2D eigenvalue weighted by molar-refractivity contribution is -0.384. The maximum Gasteiger partial charge on any atom is 0.269 e. The predicted molar refractivity (Wildman–Crippen MR) is 86.8 cm³/mol. The molecule has 2 aromatic rings. The fourth-order valence-corrected chi connectivity index (χ4v) is 3.16. The highest BCUT2D eigenvalue weighted by molar-refractivity contribution is 6.35. The number of nitro groups is 1. The van der Waals surface area contributed by atoms with Gasteiger partial charge in [-0.3, -0.25) is 10.1 Å². The number of nitrogens with zero attached hydrogens (tertiary/aromatic N) is 1. The van der Waals surface area contributed by atoms with Crippen molar-refractivity contribution in [2.24, 2.45) is 0 Å². The number of nitro benzene ring substituents is 1. The summed E-state index contributed by atoms with van der Waals surface area (Å²) in [6.45, 7) is 0.901. The van der Waals surface area contributed by atoms with E-state index in [1.165, 1.54) is 12.1 Å². The molecule has 0 radical (unpaired) electrons. The molecule has 1 fully saturated rings. The lowest BCUT2D eigenvalue weighted by Crippen LogP contribution is -2.30. The highest BCUT2D eigenvalue weighted by Gasteiger charge is 2.40. The van der Waals surface area contributed by atoms with E-state index >= 15 is 0 Å². The highest BCUT2D eigenvalue weighted by Crippen LogP contribution is 2.39. The zero-order chi connectivity index (χ0) is 16.4. The Kier molecular flexibility index (Phi) is 4.55. The largest absolute Gasteiger partial charge is 0.343 e. The standard InChI is InChI=1S/C16H13Cl2NO4/c17-12-3-6-14(15(18)9-12)16(22-7-8-23-16)10-11-1-4-13(5-2-11)19(20)21/h1-6,9H,7-8,10H2. The predicted octanol–water partition coefficient (Wildman–Crippen LogP) is 4.34. The van der Waals surface area contributed by atoms with Gasteiger partial charge in [-0.2, -0.15) is 0 Å². The molecule has 120 valence electrons. The van der Waals surface area contributed by atoms with Crippen molar-refractivity contribution >= 4 is 28.9 Å². The van der Waals surface area contributed by atoms with Gasteiger partial charge in [0.05, 0.1) is 23.2 Å². The lowest BCUT2D eigenvalue weighted by Gasteiger charge is -2.29. The van der Waals surface area contributed by atoms with Crippen molar-refractivity contribution < 1.29 is 14.4 Å². The van der Waals surface area contributed by atoms with Crippen molar-refractivity contribution in [3.8, 4) is 0 Å². The van der Waals surface area contributed by atoms with Gasteiger partial charge in [0, 0.05) is 29.1 Å². The fourth-order valence-electron chi connectivity index (χ4n) is 2.61. The molecule has 0 aliphatic carbocycles. The molecule has 1 aliphatic rings. The van der Waals surface area contributed by atoms with Gasteiger partial charge in [-0.1, -0.05) is 41.4 Å². The third kappa shape index (κ3) is 3.33. The minimum absolute atomic E-state index is 0.0422. The lowest BCUT2D eigenvalue weighted by atomic mass is 9.97. The Morgan fingerprint density at radius 1 is 1.09 bits per heavy atom. The second-order valence-corrected chi connectivity index (χ2v) is 6.02. The van der Waals surface area contributed by atoms with Gasteiger partial charge in [0.25, 0.3) is 5.69 Å². The molecule has 7 heteroatoms. The molecule has 1 saturated heterocycles. The third-order valence-corrected chi connectivity index (χ3v) is 4.23. The van der Waals surface area contributed by atoms with Gasteiger partial charge in [0.1, 0.15) is 0 Å². The summed E-state index contributed by atoms with van der Waals surface area (Å²) < 4.78 is 11.7. The number of hydrogen-bond acceptors (Lipinski definition) is 4. The van der Waals surface area contributed by atoms with E-state index in [0.717, 1.165) is 5.56 Å². The van der Waals surface area contributed by atoms with Crippen LogP contribution in [0.3, 0.4) is 0 Å². The molecule has 1 heterocycles. The van der Waals surface area contributed by atoms with E-state index in [9.17, 15) is 10.1 Å². The van der Waals surface area contributed by atoms with Crippen LogP contribution >= 0.6 is 23.2 Å². The van der Waals surface area contributed by atoms with Crippen LogP contribution in [0.1, 0.15) is 11.1 Å². The summed E-state index contributed by atoms with van der Waals surface area (Å²) in [7, 11) is 0. The van der Waals surface area contributed by atoms with Gasteiger partial charge in [0.2, 0.25) is 5.79 Å². The van der Waals surface area contributed by atoms with E-state index in [1.807, 2.05) is 0 Å². The topological polar surface area (TPSA) is 61.6 Å². The first-order valence-corrected chi connectivity index (χ1v) is 7.72. The maximum atomic E-state index is 10.7. The monoisotopic (exact) mass is 353 g/mol. The molecular formula is C16H13Cl2NO4. The van der Waals surface area contributed by atoms with Gasteiger partial charge in [-0.15, -0.1) is 0 Å². The Morgan fingerprint density at radius 3 is 2.30 bits per heavy atom. The summed E-state index contributed by atoms with van der Waals surface area (Å²) in [4.78, 5) is 10.3. The number of hydrogen-bond donors (Lipinski definition) is 0. The highest BCUT2D eigenvalue weighted by atomic mass is 35.5. The van der Waals surface area contributed by atoms with Crippen LogP contribution < -0.4 is 0 Å². The summed E-state index contributed by atoms with van der Waals surface area (Å²) in [6.07, 6.45) is 0.395. The average molecular weight is 354 g/mol. The van der Waals surface area contributed by atoms with E-state index in [4.69, 9.17) is 32.7 Å². The Labute approximate surface area is 142 Å². The first-order chi connectivity index (χ1) is 11.0. The van der Waals surface area contributed by atoms with Crippen molar-refractivity contribution in [2.45, 2.75) is 12.2 Å². The number of halogens is 2. The Hall–Kier alpha value is -1.66. The molecule has 23 heavy (non-hydrogen) atoms.